The molecular formula is C22H23NO4. The summed E-state index contributed by atoms with van der Waals surface area (Å²) in [6, 6.07) is 16.1. The van der Waals surface area contributed by atoms with Crippen molar-refractivity contribution in [1.82, 2.24) is 0 Å². The third-order valence-corrected chi connectivity index (χ3v) is 4.47. The minimum Gasteiger partial charge on any atom is -0.497 e. The van der Waals surface area contributed by atoms with Crippen LogP contribution in [0.5, 0.6) is 5.75 Å². The number of rotatable bonds is 7. The molecule has 0 aliphatic heterocycles. The summed E-state index contributed by atoms with van der Waals surface area (Å²) in [6.45, 7) is 0. The number of amides is 1. The lowest BCUT2D eigenvalue weighted by Gasteiger charge is -2.19. The molecule has 1 amide bonds. The zero-order valence-corrected chi connectivity index (χ0v) is 15.3. The molecule has 0 saturated carbocycles. The molecule has 0 aromatic heterocycles. The molecule has 0 heterocycles. The van der Waals surface area contributed by atoms with Gasteiger partial charge in [-0.1, -0.05) is 48.6 Å². The molecular weight excluding hydrogens is 342 g/mol. The van der Waals surface area contributed by atoms with E-state index in [2.05, 4.69) is 11.4 Å². The third-order valence-electron chi connectivity index (χ3n) is 4.47. The first kappa shape index (κ1) is 18.7. The maximum Gasteiger partial charge on any atom is 0.307 e. The van der Waals surface area contributed by atoms with Crippen LogP contribution in [-0.2, 0) is 14.3 Å². The van der Waals surface area contributed by atoms with Crippen LogP contribution in [0.3, 0.4) is 0 Å². The zero-order valence-electron chi connectivity index (χ0n) is 15.3. The average molecular weight is 365 g/mol. The van der Waals surface area contributed by atoms with E-state index in [1.54, 1.807) is 43.5 Å². The number of ether oxygens (including phenoxy) is 2. The van der Waals surface area contributed by atoms with Crippen LogP contribution in [-0.4, -0.2) is 19.0 Å². The molecule has 0 unspecified atom stereocenters. The second kappa shape index (κ2) is 9.03. The van der Waals surface area contributed by atoms with E-state index < -0.39 is 12.0 Å². The molecule has 27 heavy (non-hydrogen) atoms. The van der Waals surface area contributed by atoms with Crippen molar-refractivity contribution >= 4 is 17.6 Å². The van der Waals surface area contributed by atoms with E-state index in [0.717, 1.165) is 12.8 Å². The number of hydrogen-bond acceptors (Lipinski definition) is 4. The molecule has 0 fully saturated rings. The molecule has 2 aromatic rings. The fraction of sp³-hybridized carbons (Fsp3) is 0.273. The number of hydrogen-bond donors (Lipinski definition) is 1. The van der Waals surface area contributed by atoms with Crippen molar-refractivity contribution in [2.75, 3.05) is 12.4 Å². The zero-order chi connectivity index (χ0) is 19.1. The topological polar surface area (TPSA) is 64.6 Å². The Hall–Kier alpha value is -3.08. The lowest BCUT2D eigenvalue weighted by Crippen LogP contribution is -2.26. The molecule has 1 N–H and O–H groups in total. The third kappa shape index (κ3) is 5.20. The van der Waals surface area contributed by atoms with Crippen LogP contribution in [0.2, 0.25) is 0 Å². The number of methoxy groups -OCH3 is 1. The summed E-state index contributed by atoms with van der Waals surface area (Å²) in [6.07, 6.45) is 5.32. The van der Waals surface area contributed by atoms with Crippen LogP contribution in [0.25, 0.3) is 0 Å². The highest BCUT2D eigenvalue weighted by molar-refractivity contribution is 5.96. The monoisotopic (exact) mass is 365 g/mol. The van der Waals surface area contributed by atoms with Crippen LogP contribution in [0, 0.1) is 5.92 Å². The number of allylic oxidation sites excluding steroid dienone is 2. The van der Waals surface area contributed by atoms with Gasteiger partial charge in [0.15, 0.2) is 0 Å². The van der Waals surface area contributed by atoms with Gasteiger partial charge in [0.1, 0.15) is 5.75 Å². The fourth-order valence-electron chi connectivity index (χ4n) is 3.07. The highest BCUT2D eigenvalue weighted by atomic mass is 16.5. The predicted octanol–water partition coefficient (Wildman–Crippen LogP) is 4.27. The normalized spacial score (nSPS) is 16.6. The molecule has 0 radical (unpaired) electrons. The molecule has 5 nitrogen and oxygen atoms in total. The van der Waals surface area contributed by atoms with Gasteiger partial charge < -0.3 is 14.8 Å². The Morgan fingerprint density at radius 3 is 2.67 bits per heavy atom. The van der Waals surface area contributed by atoms with E-state index in [4.69, 9.17) is 9.47 Å². The van der Waals surface area contributed by atoms with Gasteiger partial charge in [-0.3, -0.25) is 9.59 Å². The molecule has 2 atom stereocenters. The van der Waals surface area contributed by atoms with Gasteiger partial charge in [0.25, 0.3) is 5.91 Å². The number of carbonyl (C=O) groups is 2. The predicted molar refractivity (Wildman–Crippen MR) is 103 cm³/mol. The van der Waals surface area contributed by atoms with E-state index in [-0.39, 0.29) is 18.3 Å². The van der Waals surface area contributed by atoms with Crippen LogP contribution in [0.4, 0.5) is 5.69 Å². The van der Waals surface area contributed by atoms with E-state index in [0.29, 0.717) is 17.0 Å². The highest BCUT2D eigenvalue weighted by Crippen LogP contribution is 2.25. The SMILES string of the molecule is COc1cccc(NC(=O)[C@H](OC(=O)C[C@@H]2C=CCC2)c2ccccc2)c1. The van der Waals surface area contributed by atoms with Crippen molar-refractivity contribution in [3.8, 4) is 5.75 Å². The molecule has 1 aliphatic carbocycles. The van der Waals surface area contributed by atoms with Gasteiger partial charge in [-0.2, -0.15) is 0 Å². The molecule has 5 heteroatoms. The maximum atomic E-state index is 12.8. The van der Waals surface area contributed by atoms with Gasteiger partial charge in [-0.15, -0.1) is 0 Å². The molecule has 3 rings (SSSR count). The van der Waals surface area contributed by atoms with Crippen molar-refractivity contribution in [2.45, 2.75) is 25.4 Å². The fourth-order valence-corrected chi connectivity index (χ4v) is 3.07. The number of benzene rings is 2. The largest absolute Gasteiger partial charge is 0.497 e. The Labute approximate surface area is 159 Å². The van der Waals surface area contributed by atoms with Gasteiger partial charge >= 0.3 is 5.97 Å². The van der Waals surface area contributed by atoms with Crippen LogP contribution >= 0.6 is 0 Å². The quantitative estimate of drug-likeness (QED) is 0.588. The summed E-state index contributed by atoms with van der Waals surface area (Å²) < 4.78 is 10.8. The molecule has 0 spiro atoms. The molecule has 1 aliphatic rings. The van der Waals surface area contributed by atoms with Crippen LogP contribution < -0.4 is 10.1 Å². The number of carbonyl (C=O) groups excluding carboxylic acids is 2. The second-order valence-corrected chi connectivity index (χ2v) is 6.47. The summed E-state index contributed by atoms with van der Waals surface area (Å²) in [7, 11) is 1.56. The van der Waals surface area contributed by atoms with Gasteiger partial charge in [0.2, 0.25) is 6.10 Å². The summed E-state index contributed by atoms with van der Waals surface area (Å²) in [4.78, 5) is 25.2. The Balaban J connectivity index is 1.73. The first-order valence-corrected chi connectivity index (χ1v) is 9.01. The Bertz CT molecular complexity index is 816. The summed E-state index contributed by atoms with van der Waals surface area (Å²) in [5.41, 5.74) is 1.21. The summed E-state index contributed by atoms with van der Waals surface area (Å²) in [5, 5.41) is 2.80. The Kier molecular flexibility index (Phi) is 6.26. The Morgan fingerprint density at radius 2 is 1.96 bits per heavy atom. The van der Waals surface area contributed by atoms with Crippen molar-refractivity contribution in [3.63, 3.8) is 0 Å². The molecule has 140 valence electrons. The maximum absolute atomic E-state index is 12.8. The first-order chi connectivity index (χ1) is 13.2. The van der Waals surface area contributed by atoms with Crippen molar-refractivity contribution in [2.24, 2.45) is 5.92 Å². The lowest BCUT2D eigenvalue weighted by molar-refractivity contribution is -0.155. The van der Waals surface area contributed by atoms with E-state index >= 15 is 0 Å². The van der Waals surface area contributed by atoms with E-state index in [1.165, 1.54) is 0 Å². The molecule has 0 bridgehead atoms. The first-order valence-electron chi connectivity index (χ1n) is 9.01. The summed E-state index contributed by atoms with van der Waals surface area (Å²) >= 11 is 0. The van der Waals surface area contributed by atoms with Gasteiger partial charge in [0.05, 0.1) is 13.5 Å². The second-order valence-electron chi connectivity index (χ2n) is 6.47. The highest BCUT2D eigenvalue weighted by Gasteiger charge is 2.26. The lowest BCUT2D eigenvalue weighted by atomic mass is 10.1. The van der Waals surface area contributed by atoms with Gasteiger partial charge in [-0.25, -0.2) is 0 Å². The van der Waals surface area contributed by atoms with Crippen molar-refractivity contribution in [3.05, 3.63) is 72.3 Å². The van der Waals surface area contributed by atoms with Gasteiger partial charge in [-0.05, 0) is 30.9 Å². The Morgan fingerprint density at radius 1 is 1.15 bits per heavy atom. The van der Waals surface area contributed by atoms with E-state index in [9.17, 15) is 9.59 Å². The minimum atomic E-state index is -1.00. The standard InChI is InChI=1S/C22H23NO4/c1-26-19-13-7-12-18(15-19)23-22(25)21(17-10-3-2-4-11-17)27-20(24)14-16-8-5-6-9-16/h2-5,7-8,10-13,15-16,21H,6,9,14H2,1H3,(H,23,25)/t16-,21-/m1/s1. The molecule has 2 aromatic carbocycles. The van der Waals surface area contributed by atoms with E-state index in [1.807, 2.05) is 24.3 Å². The number of esters is 1. The number of anilines is 1. The molecule has 0 saturated heterocycles. The van der Waals surface area contributed by atoms with Crippen LogP contribution in [0.15, 0.2) is 66.7 Å². The minimum absolute atomic E-state index is 0.190. The summed E-state index contributed by atoms with van der Waals surface area (Å²) in [5.74, 6) is 0.0513. The smallest absolute Gasteiger partial charge is 0.307 e. The van der Waals surface area contributed by atoms with Crippen molar-refractivity contribution < 1.29 is 19.1 Å². The van der Waals surface area contributed by atoms with Gasteiger partial charge in [0, 0.05) is 17.3 Å². The average Bonchev–Trinajstić information content (AvgIpc) is 3.19. The number of nitrogens with one attached hydrogen (secondary N) is 1. The van der Waals surface area contributed by atoms with Crippen LogP contribution in [0.1, 0.15) is 30.9 Å². The van der Waals surface area contributed by atoms with Crippen molar-refractivity contribution in [1.29, 1.82) is 0 Å².